The summed E-state index contributed by atoms with van der Waals surface area (Å²) in [6.07, 6.45) is 8.04. The average molecular weight is 398 g/mol. The third kappa shape index (κ3) is 3.07. The molecule has 5 rings (SSSR count). The molecule has 3 N–H and O–H groups in total. The lowest BCUT2D eigenvalue weighted by molar-refractivity contribution is -0.112. The van der Waals surface area contributed by atoms with E-state index in [1.54, 1.807) is 12.3 Å². The number of amides is 1. The second-order valence-electron chi connectivity index (χ2n) is 7.25. The Balaban J connectivity index is 1.60. The fourth-order valence-electron chi connectivity index (χ4n) is 3.77. The Morgan fingerprint density at radius 1 is 1.14 bits per heavy atom. The molecule has 6 heteroatoms. The first kappa shape index (κ1) is 17.6. The molecule has 2 heterocycles. The van der Waals surface area contributed by atoms with E-state index in [1.165, 1.54) is 0 Å². The van der Waals surface area contributed by atoms with Gasteiger partial charge in [-0.2, -0.15) is 5.10 Å². The number of nitrogens with zero attached hydrogens (tertiary/aromatic N) is 1. The van der Waals surface area contributed by atoms with Gasteiger partial charge in [-0.15, -0.1) is 0 Å². The molecule has 1 aliphatic carbocycles. The molecule has 1 amide bonds. The molecule has 0 saturated carbocycles. The van der Waals surface area contributed by atoms with E-state index in [0.29, 0.717) is 22.5 Å². The Hall–Kier alpha value is -3.51. The van der Waals surface area contributed by atoms with Gasteiger partial charge in [-0.1, -0.05) is 36.0 Å². The van der Waals surface area contributed by atoms with Crippen LogP contribution < -0.4 is 5.32 Å². The maximum Gasteiger partial charge on any atom is 0.256 e. The van der Waals surface area contributed by atoms with Gasteiger partial charge in [0.25, 0.3) is 5.91 Å². The number of hydrogen-bond acceptors (Lipinski definition) is 3. The van der Waals surface area contributed by atoms with Crippen molar-refractivity contribution in [2.45, 2.75) is 13.3 Å². The molecule has 0 spiro atoms. The molecule has 4 aromatic rings. The quantitative estimate of drug-likeness (QED) is 0.410. The number of rotatable bonds is 3. The fraction of sp³-hybridized carbons (Fsp3) is 0.0870. The van der Waals surface area contributed by atoms with Crippen molar-refractivity contribution >= 4 is 50.5 Å². The average Bonchev–Trinajstić information content (AvgIpc) is 3.36. The van der Waals surface area contributed by atoms with Crippen LogP contribution in [0.5, 0.6) is 0 Å². The minimum absolute atomic E-state index is 0.196. The number of fused-ring (bicyclic) bond motifs is 2. The monoisotopic (exact) mass is 398 g/mol. The maximum atomic E-state index is 12.9. The van der Waals surface area contributed by atoms with E-state index in [4.69, 9.17) is 12.2 Å². The molecule has 0 aliphatic heterocycles. The predicted molar refractivity (Wildman–Crippen MR) is 121 cm³/mol. The topological polar surface area (TPSA) is 73.6 Å². The van der Waals surface area contributed by atoms with Gasteiger partial charge >= 0.3 is 0 Å². The van der Waals surface area contributed by atoms with Crippen LogP contribution in [-0.2, 0) is 4.79 Å². The highest BCUT2D eigenvalue weighted by atomic mass is 32.1. The molecule has 0 radical (unpaired) electrons. The van der Waals surface area contributed by atoms with Crippen LogP contribution in [0.15, 0.2) is 72.1 Å². The first-order valence-electron chi connectivity index (χ1n) is 9.36. The van der Waals surface area contributed by atoms with E-state index in [1.807, 2.05) is 37.4 Å². The summed E-state index contributed by atoms with van der Waals surface area (Å²) in [6.45, 7) is 2.01. The molecule has 0 unspecified atom stereocenters. The minimum atomic E-state index is -0.196. The van der Waals surface area contributed by atoms with Crippen molar-refractivity contribution in [2.75, 3.05) is 5.32 Å². The number of benzene rings is 2. The van der Waals surface area contributed by atoms with Crippen molar-refractivity contribution in [3.8, 4) is 11.1 Å². The van der Waals surface area contributed by atoms with Gasteiger partial charge in [-0.3, -0.25) is 9.89 Å². The molecule has 0 saturated heterocycles. The summed E-state index contributed by atoms with van der Waals surface area (Å²) in [6, 6.07) is 12.2. The zero-order valence-electron chi connectivity index (χ0n) is 15.7. The summed E-state index contributed by atoms with van der Waals surface area (Å²) in [5.74, 6) is -0.196. The van der Waals surface area contributed by atoms with Crippen LogP contribution >= 0.6 is 12.2 Å². The molecular formula is C23H18N4OS. The number of aromatic nitrogens is 3. The van der Waals surface area contributed by atoms with E-state index >= 15 is 0 Å². The lowest BCUT2D eigenvalue weighted by atomic mass is 9.97. The summed E-state index contributed by atoms with van der Waals surface area (Å²) in [4.78, 5) is 16.8. The van der Waals surface area contributed by atoms with E-state index in [0.717, 1.165) is 38.5 Å². The summed E-state index contributed by atoms with van der Waals surface area (Å²) >= 11 is 5.43. The van der Waals surface area contributed by atoms with Gasteiger partial charge in [0.1, 0.15) is 0 Å². The maximum absolute atomic E-state index is 12.9. The third-order valence-electron chi connectivity index (χ3n) is 5.23. The first-order chi connectivity index (χ1) is 14.1. The number of H-pyrrole nitrogens is 2. The summed E-state index contributed by atoms with van der Waals surface area (Å²) < 4.78 is 0. The van der Waals surface area contributed by atoms with Crippen LogP contribution in [0.1, 0.15) is 13.3 Å². The molecule has 5 nitrogen and oxygen atoms in total. The molecule has 142 valence electrons. The molecule has 29 heavy (non-hydrogen) atoms. The Morgan fingerprint density at radius 2 is 2.03 bits per heavy atom. The standard InChI is InChI=1S/C23H18N4OS/c1-13-5-6-17(22(29)9-13)23(28)26-20-10-14(11-21-18(20)12-25-27-21)15-3-2-4-19-16(15)7-8-24-19/h2-8,10-12,24H,9H2,1H3,(H,25,27)(H,26,28). The van der Waals surface area contributed by atoms with Crippen LogP contribution in [0.2, 0.25) is 0 Å². The van der Waals surface area contributed by atoms with E-state index in [2.05, 4.69) is 38.7 Å². The largest absolute Gasteiger partial charge is 0.361 e. The fourth-order valence-corrected chi connectivity index (χ4v) is 4.15. The van der Waals surface area contributed by atoms with E-state index in [9.17, 15) is 4.79 Å². The first-order valence-corrected chi connectivity index (χ1v) is 9.76. The van der Waals surface area contributed by atoms with Crippen LogP contribution in [0.25, 0.3) is 32.9 Å². The van der Waals surface area contributed by atoms with Crippen molar-refractivity contribution < 1.29 is 4.79 Å². The smallest absolute Gasteiger partial charge is 0.256 e. The number of thiocarbonyl (C=S) groups is 1. The molecule has 2 aromatic heterocycles. The summed E-state index contributed by atoms with van der Waals surface area (Å²) in [7, 11) is 0. The van der Waals surface area contributed by atoms with Gasteiger partial charge in [-0.05, 0) is 48.4 Å². The number of carbonyl (C=O) groups excluding carboxylic acids is 1. The Kier molecular flexibility index (Phi) is 4.14. The molecule has 0 bridgehead atoms. The molecule has 0 atom stereocenters. The van der Waals surface area contributed by atoms with Gasteiger partial charge in [0, 0.05) is 33.8 Å². The number of hydrogen-bond donors (Lipinski definition) is 3. The second kappa shape index (κ2) is 6.83. The van der Waals surface area contributed by atoms with Crippen molar-refractivity contribution in [1.29, 1.82) is 0 Å². The van der Waals surface area contributed by atoms with E-state index < -0.39 is 0 Å². The van der Waals surface area contributed by atoms with E-state index in [-0.39, 0.29) is 5.91 Å². The Morgan fingerprint density at radius 3 is 2.90 bits per heavy atom. The number of anilines is 1. The molecular weight excluding hydrogens is 380 g/mol. The van der Waals surface area contributed by atoms with Gasteiger partial charge in [-0.25, -0.2) is 0 Å². The van der Waals surface area contributed by atoms with Gasteiger partial charge < -0.3 is 10.3 Å². The number of nitrogens with one attached hydrogen (secondary N) is 3. The lowest BCUT2D eigenvalue weighted by Gasteiger charge is -2.15. The van der Waals surface area contributed by atoms with Crippen molar-refractivity contribution in [2.24, 2.45) is 0 Å². The zero-order valence-corrected chi connectivity index (χ0v) is 16.6. The van der Waals surface area contributed by atoms with Crippen LogP contribution in [-0.4, -0.2) is 26.0 Å². The summed E-state index contributed by atoms with van der Waals surface area (Å²) in [5, 5.41) is 12.2. The zero-order chi connectivity index (χ0) is 20.0. The molecule has 0 fully saturated rings. The SMILES string of the molecule is CC1=CC=C(C(=O)Nc2cc(-c3cccc4[nH]ccc34)cc3[nH]ncc23)C(=S)C1. The predicted octanol–water partition coefficient (Wildman–Crippen LogP) is 5.30. The van der Waals surface area contributed by atoms with Gasteiger partial charge in [0.15, 0.2) is 0 Å². The summed E-state index contributed by atoms with van der Waals surface area (Å²) in [5.41, 5.74) is 6.42. The van der Waals surface area contributed by atoms with Gasteiger partial charge in [0.05, 0.1) is 23.0 Å². The van der Waals surface area contributed by atoms with Crippen molar-refractivity contribution in [3.05, 3.63) is 72.1 Å². The highest BCUT2D eigenvalue weighted by Crippen LogP contribution is 2.34. The molecule has 2 aromatic carbocycles. The van der Waals surface area contributed by atoms with Crippen LogP contribution in [0.3, 0.4) is 0 Å². The highest BCUT2D eigenvalue weighted by Gasteiger charge is 2.19. The van der Waals surface area contributed by atoms with Crippen LogP contribution in [0, 0.1) is 0 Å². The number of carbonyl (C=O) groups is 1. The van der Waals surface area contributed by atoms with Crippen LogP contribution in [0.4, 0.5) is 5.69 Å². The Labute approximate surface area is 172 Å². The molecule has 1 aliphatic rings. The second-order valence-corrected chi connectivity index (χ2v) is 7.74. The number of allylic oxidation sites excluding steroid dienone is 3. The van der Waals surface area contributed by atoms with Gasteiger partial charge in [0.2, 0.25) is 0 Å². The highest BCUT2D eigenvalue weighted by molar-refractivity contribution is 7.81. The van der Waals surface area contributed by atoms with Crippen molar-refractivity contribution in [1.82, 2.24) is 15.2 Å². The lowest BCUT2D eigenvalue weighted by Crippen LogP contribution is -2.21. The van der Waals surface area contributed by atoms with Crippen molar-refractivity contribution in [3.63, 3.8) is 0 Å². The third-order valence-corrected chi connectivity index (χ3v) is 5.60. The minimum Gasteiger partial charge on any atom is -0.361 e. The number of aromatic amines is 2. The Bertz CT molecular complexity index is 1360. The normalized spacial score (nSPS) is 14.2.